The van der Waals surface area contributed by atoms with Crippen molar-refractivity contribution in [2.45, 2.75) is 6.42 Å². The molecule has 122 valence electrons. The Morgan fingerprint density at radius 3 is 2.42 bits per heavy atom. The van der Waals surface area contributed by atoms with Gasteiger partial charge in [-0.15, -0.1) is 0 Å². The Morgan fingerprint density at radius 1 is 1.08 bits per heavy atom. The summed E-state index contributed by atoms with van der Waals surface area (Å²) in [6, 6.07) is 10.5. The lowest BCUT2D eigenvalue weighted by atomic mass is 10.0. The maximum atomic E-state index is 10.1. The van der Waals surface area contributed by atoms with Gasteiger partial charge in [-0.1, -0.05) is 12.1 Å². The first kappa shape index (κ1) is 15.5. The third kappa shape index (κ3) is 3.05. The normalized spacial score (nSPS) is 10.5. The van der Waals surface area contributed by atoms with Gasteiger partial charge in [-0.05, 0) is 23.8 Å². The van der Waals surface area contributed by atoms with Crippen LogP contribution in [-0.2, 0) is 6.42 Å². The molecule has 2 heterocycles. The summed E-state index contributed by atoms with van der Waals surface area (Å²) in [5.74, 6) is 1.56. The van der Waals surface area contributed by atoms with E-state index in [1.54, 1.807) is 30.5 Å². The molecule has 0 unspecified atom stereocenters. The number of hydrogen-bond acceptors (Lipinski definition) is 7. The predicted octanol–water partition coefficient (Wildman–Crippen LogP) is 2.01. The number of aromatic nitrogens is 3. The van der Waals surface area contributed by atoms with Gasteiger partial charge in [-0.25, -0.2) is 9.97 Å². The molecular weight excluding hydrogens is 306 g/mol. The summed E-state index contributed by atoms with van der Waals surface area (Å²) in [5, 5.41) is 10.1. The monoisotopic (exact) mass is 323 g/mol. The molecule has 1 aromatic carbocycles. The number of nitrogen functional groups attached to an aromatic ring is 2. The van der Waals surface area contributed by atoms with E-state index in [1.165, 1.54) is 13.2 Å². The Labute approximate surface area is 139 Å². The average Bonchev–Trinajstić information content (AvgIpc) is 2.59. The largest absolute Gasteiger partial charge is 0.508 e. The summed E-state index contributed by atoms with van der Waals surface area (Å²) in [7, 11) is 1.54. The van der Waals surface area contributed by atoms with Crippen LogP contribution in [0.15, 0.2) is 42.6 Å². The highest BCUT2D eigenvalue weighted by molar-refractivity contribution is 5.62. The van der Waals surface area contributed by atoms with Crippen molar-refractivity contribution in [3.8, 4) is 23.0 Å². The number of pyridine rings is 1. The number of nitrogens with zero attached hydrogens (tertiary/aromatic N) is 3. The summed E-state index contributed by atoms with van der Waals surface area (Å²) in [6.07, 6.45) is 1.96. The second kappa shape index (κ2) is 6.41. The average molecular weight is 323 g/mol. The van der Waals surface area contributed by atoms with E-state index < -0.39 is 0 Å². The second-order valence-electron chi connectivity index (χ2n) is 5.18. The van der Waals surface area contributed by atoms with E-state index in [0.717, 1.165) is 0 Å². The number of anilines is 2. The number of aromatic hydroxyl groups is 1. The SMILES string of the molecule is COc1ccc(Cc2c(N)nc(-c3ccccn3)nc2N)c(O)c1. The third-order valence-corrected chi connectivity index (χ3v) is 3.62. The zero-order valence-corrected chi connectivity index (χ0v) is 13.1. The van der Waals surface area contributed by atoms with Gasteiger partial charge in [0.25, 0.3) is 0 Å². The lowest BCUT2D eigenvalue weighted by molar-refractivity contribution is 0.406. The van der Waals surface area contributed by atoms with E-state index in [1.807, 2.05) is 6.07 Å². The van der Waals surface area contributed by atoms with Crippen LogP contribution >= 0.6 is 0 Å². The van der Waals surface area contributed by atoms with Crippen molar-refractivity contribution in [1.29, 1.82) is 0 Å². The number of benzene rings is 1. The maximum Gasteiger partial charge on any atom is 0.182 e. The standard InChI is InChI=1S/C17H17N5O2/c1-24-11-6-5-10(14(23)9-11)8-12-15(18)21-17(22-16(12)19)13-4-2-3-7-20-13/h2-7,9,23H,8H2,1H3,(H4,18,19,21,22). The number of rotatable bonds is 4. The summed E-state index contributed by atoms with van der Waals surface area (Å²) in [6.45, 7) is 0. The molecule has 3 rings (SSSR count). The minimum absolute atomic E-state index is 0.0990. The fraction of sp³-hybridized carbons (Fsp3) is 0.118. The van der Waals surface area contributed by atoms with Crippen LogP contribution in [0.3, 0.4) is 0 Å². The van der Waals surface area contributed by atoms with Crippen molar-refractivity contribution < 1.29 is 9.84 Å². The van der Waals surface area contributed by atoms with Crippen LogP contribution in [0.2, 0.25) is 0 Å². The van der Waals surface area contributed by atoms with Gasteiger partial charge in [0.2, 0.25) is 0 Å². The molecule has 7 heteroatoms. The fourth-order valence-electron chi connectivity index (χ4n) is 2.32. The molecule has 0 bridgehead atoms. The smallest absolute Gasteiger partial charge is 0.182 e. The molecular formula is C17H17N5O2. The molecule has 0 spiro atoms. The molecule has 0 atom stereocenters. The van der Waals surface area contributed by atoms with Gasteiger partial charge in [-0.3, -0.25) is 4.98 Å². The van der Waals surface area contributed by atoms with E-state index in [9.17, 15) is 5.11 Å². The Bertz CT molecular complexity index is 845. The predicted molar refractivity (Wildman–Crippen MR) is 91.6 cm³/mol. The highest BCUT2D eigenvalue weighted by Gasteiger charge is 2.14. The van der Waals surface area contributed by atoms with Crippen LogP contribution < -0.4 is 16.2 Å². The molecule has 0 aliphatic rings. The maximum absolute atomic E-state index is 10.1. The van der Waals surface area contributed by atoms with Gasteiger partial charge in [0, 0.05) is 24.2 Å². The van der Waals surface area contributed by atoms with Gasteiger partial charge in [0.15, 0.2) is 5.82 Å². The Morgan fingerprint density at radius 2 is 1.83 bits per heavy atom. The number of methoxy groups -OCH3 is 1. The van der Waals surface area contributed by atoms with Crippen LogP contribution in [0.4, 0.5) is 11.6 Å². The second-order valence-corrected chi connectivity index (χ2v) is 5.18. The van der Waals surface area contributed by atoms with E-state index in [-0.39, 0.29) is 17.4 Å². The van der Waals surface area contributed by atoms with Crippen LogP contribution in [0.1, 0.15) is 11.1 Å². The number of hydrogen-bond donors (Lipinski definition) is 3. The molecule has 3 aromatic rings. The molecule has 0 fully saturated rings. The molecule has 0 saturated heterocycles. The molecule has 0 aliphatic carbocycles. The Kier molecular flexibility index (Phi) is 4.15. The molecule has 24 heavy (non-hydrogen) atoms. The van der Waals surface area contributed by atoms with Gasteiger partial charge in [0.05, 0.1) is 7.11 Å². The molecule has 0 saturated carbocycles. The highest BCUT2D eigenvalue weighted by Crippen LogP contribution is 2.29. The third-order valence-electron chi connectivity index (χ3n) is 3.62. The van der Waals surface area contributed by atoms with E-state index in [0.29, 0.717) is 34.8 Å². The molecule has 0 amide bonds. The van der Waals surface area contributed by atoms with Crippen molar-refractivity contribution in [3.63, 3.8) is 0 Å². The fourth-order valence-corrected chi connectivity index (χ4v) is 2.32. The van der Waals surface area contributed by atoms with Crippen LogP contribution in [-0.4, -0.2) is 27.2 Å². The van der Waals surface area contributed by atoms with Crippen LogP contribution in [0.5, 0.6) is 11.5 Å². The van der Waals surface area contributed by atoms with Crippen molar-refractivity contribution >= 4 is 11.6 Å². The summed E-state index contributed by atoms with van der Waals surface area (Å²) >= 11 is 0. The number of phenolic OH excluding ortho intramolecular Hbond substituents is 1. The molecule has 0 radical (unpaired) electrons. The van der Waals surface area contributed by atoms with E-state index in [4.69, 9.17) is 16.2 Å². The van der Waals surface area contributed by atoms with Crippen molar-refractivity contribution in [2.75, 3.05) is 18.6 Å². The van der Waals surface area contributed by atoms with Crippen LogP contribution in [0.25, 0.3) is 11.5 Å². The zero-order valence-electron chi connectivity index (χ0n) is 13.1. The van der Waals surface area contributed by atoms with Gasteiger partial charge in [-0.2, -0.15) is 0 Å². The summed E-state index contributed by atoms with van der Waals surface area (Å²) < 4.78 is 5.07. The minimum atomic E-state index is 0.0990. The van der Waals surface area contributed by atoms with Crippen molar-refractivity contribution in [3.05, 3.63) is 53.7 Å². The van der Waals surface area contributed by atoms with Crippen molar-refractivity contribution in [2.24, 2.45) is 0 Å². The summed E-state index contributed by atoms with van der Waals surface area (Å²) in [4.78, 5) is 12.8. The quantitative estimate of drug-likeness (QED) is 0.671. The van der Waals surface area contributed by atoms with Gasteiger partial charge in [0.1, 0.15) is 28.8 Å². The first-order valence-corrected chi connectivity index (χ1v) is 7.27. The zero-order chi connectivity index (χ0) is 17.1. The van der Waals surface area contributed by atoms with E-state index in [2.05, 4.69) is 15.0 Å². The number of ether oxygens (including phenoxy) is 1. The molecule has 2 aromatic heterocycles. The molecule has 7 nitrogen and oxygen atoms in total. The highest BCUT2D eigenvalue weighted by atomic mass is 16.5. The Balaban J connectivity index is 1.95. The van der Waals surface area contributed by atoms with Crippen molar-refractivity contribution in [1.82, 2.24) is 15.0 Å². The topological polar surface area (TPSA) is 120 Å². The lowest BCUT2D eigenvalue weighted by Gasteiger charge is -2.11. The van der Waals surface area contributed by atoms with E-state index >= 15 is 0 Å². The van der Waals surface area contributed by atoms with Gasteiger partial charge < -0.3 is 21.3 Å². The minimum Gasteiger partial charge on any atom is -0.508 e. The number of nitrogens with two attached hydrogens (primary N) is 2. The molecule has 5 N–H and O–H groups in total. The summed E-state index contributed by atoms with van der Waals surface area (Å²) in [5.41, 5.74) is 13.9. The van der Waals surface area contributed by atoms with Gasteiger partial charge >= 0.3 is 0 Å². The first-order valence-electron chi connectivity index (χ1n) is 7.27. The number of phenols is 1. The first-order chi connectivity index (χ1) is 11.6. The lowest BCUT2D eigenvalue weighted by Crippen LogP contribution is -2.08. The Hall–Kier alpha value is -3.35. The van der Waals surface area contributed by atoms with Crippen LogP contribution in [0, 0.1) is 0 Å². The molecule has 0 aliphatic heterocycles.